The summed E-state index contributed by atoms with van der Waals surface area (Å²) >= 11 is 0. The molecule has 2 aliphatic heterocycles. The van der Waals surface area contributed by atoms with Crippen molar-refractivity contribution in [2.24, 2.45) is 7.05 Å². The zero-order valence-corrected chi connectivity index (χ0v) is 12.2. The largest absolute Gasteiger partial charge is 0.373 e. The van der Waals surface area contributed by atoms with Crippen LogP contribution in [0, 0.1) is 0 Å². The molecule has 1 aromatic heterocycles. The third kappa shape index (κ3) is 2.95. The van der Waals surface area contributed by atoms with Gasteiger partial charge in [-0.25, -0.2) is 4.98 Å². The minimum Gasteiger partial charge on any atom is -0.373 e. The second kappa shape index (κ2) is 6.08. The maximum Gasteiger partial charge on any atom is 0.122 e. The van der Waals surface area contributed by atoms with Gasteiger partial charge in [-0.3, -0.25) is 9.80 Å². The van der Waals surface area contributed by atoms with Gasteiger partial charge in [-0.15, -0.1) is 6.58 Å². The van der Waals surface area contributed by atoms with Crippen LogP contribution in [0.15, 0.2) is 25.0 Å². The van der Waals surface area contributed by atoms with Gasteiger partial charge in [0.15, 0.2) is 0 Å². The molecule has 0 aliphatic carbocycles. The first-order chi connectivity index (χ1) is 9.76. The molecule has 5 heteroatoms. The average Bonchev–Trinajstić information content (AvgIpc) is 3.03. The first kappa shape index (κ1) is 13.8. The van der Waals surface area contributed by atoms with E-state index in [2.05, 4.69) is 33.0 Å². The normalized spacial score (nSPS) is 27.6. The molecular formula is C15H24N4O. The summed E-state index contributed by atoms with van der Waals surface area (Å²) in [5.41, 5.74) is 0. The summed E-state index contributed by atoms with van der Waals surface area (Å²) in [5, 5.41) is 0. The average molecular weight is 276 g/mol. The fourth-order valence-corrected chi connectivity index (χ4v) is 3.28. The van der Waals surface area contributed by atoms with Crippen LogP contribution in [0.1, 0.15) is 12.2 Å². The van der Waals surface area contributed by atoms with Crippen molar-refractivity contribution in [2.75, 3.05) is 32.8 Å². The molecule has 0 radical (unpaired) electrons. The molecule has 0 amide bonds. The Morgan fingerprint density at radius 1 is 1.45 bits per heavy atom. The van der Waals surface area contributed by atoms with Crippen LogP contribution < -0.4 is 0 Å². The Hall–Kier alpha value is -1.17. The van der Waals surface area contributed by atoms with Crippen molar-refractivity contribution in [1.82, 2.24) is 19.4 Å². The number of hydrogen-bond donors (Lipinski definition) is 0. The summed E-state index contributed by atoms with van der Waals surface area (Å²) in [5.74, 6) is 1.15. The number of ether oxygens (including phenoxy) is 1. The molecule has 0 N–H and O–H groups in total. The van der Waals surface area contributed by atoms with Gasteiger partial charge in [0.25, 0.3) is 0 Å². The molecule has 5 nitrogen and oxygen atoms in total. The van der Waals surface area contributed by atoms with Crippen LogP contribution in [0.2, 0.25) is 0 Å². The van der Waals surface area contributed by atoms with Gasteiger partial charge in [-0.05, 0) is 6.42 Å². The Morgan fingerprint density at radius 3 is 3.10 bits per heavy atom. The maximum absolute atomic E-state index is 5.81. The summed E-state index contributed by atoms with van der Waals surface area (Å²) in [6.45, 7) is 9.81. The van der Waals surface area contributed by atoms with Crippen LogP contribution in [0.4, 0.5) is 0 Å². The van der Waals surface area contributed by atoms with Crippen molar-refractivity contribution in [3.05, 3.63) is 30.9 Å². The van der Waals surface area contributed by atoms with E-state index in [9.17, 15) is 0 Å². The maximum atomic E-state index is 5.81. The van der Waals surface area contributed by atoms with Gasteiger partial charge >= 0.3 is 0 Å². The molecule has 2 atom stereocenters. The number of hydrogen-bond acceptors (Lipinski definition) is 4. The zero-order chi connectivity index (χ0) is 13.9. The first-order valence-corrected chi connectivity index (χ1v) is 7.41. The van der Waals surface area contributed by atoms with Gasteiger partial charge in [-0.1, -0.05) is 6.08 Å². The SMILES string of the molecule is C=CCO[C@@H]1C[C@H]2CN(Cc3nccn3C)CCN2C1. The van der Waals surface area contributed by atoms with Gasteiger partial charge < -0.3 is 9.30 Å². The standard InChI is InChI=1S/C15H24N4O/c1-3-8-20-14-9-13-10-18(6-7-19(13)11-14)12-15-16-4-5-17(15)2/h3-5,13-14H,1,6-12H2,2H3/t13-,14+/m0/s1. The van der Waals surface area contributed by atoms with Crippen molar-refractivity contribution in [1.29, 1.82) is 0 Å². The molecule has 3 rings (SSSR count). The van der Waals surface area contributed by atoms with E-state index in [1.807, 2.05) is 18.5 Å². The highest BCUT2D eigenvalue weighted by atomic mass is 16.5. The summed E-state index contributed by atoms with van der Waals surface area (Å²) < 4.78 is 7.92. The summed E-state index contributed by atoms with van der Waals surface area (Å²) in [7, 11) is 2.06. The molecule has 2 fully saturated rings. The van der Waals surface area contributed by atoms with E-state index in [1.54, 1.807) is 0 Å². The molecule has 3 heterocycles. The molecule has 2 saturated heterocycles. The third-order valence-corrected chi connectivity index (χ3v) is 4.40. The number of rotatable bonds is 5. The van der Waals surface area contributed by atoms with E-state index in [0.29, 0.717) is 18.8 Å². The van der Waals surface area contributed by atoms with Crippen molar-refractivity contribution in [3.63, 3.8) is 0 Å². The first-order valence-electron chi connectivity index (χ1n) is 7.41. The predicted molar refractivity (Wildman–Crippen MR) is 78.4 cm³/mol. The van der Waals surface area contributed by atoms with Crippen LogP contribution in [0.25, 0.3) is 0 Å². The highest BCUT2D eigenvalue weighted by Gasteiger charge is 2.36. The summed E-state index contributed by atoms with van der Waals surface area (Å²) in [6, 6.07) is 0.638. The van der Waals surface area contributed by atoms with Crippen molar-refractivity contribution < 1.29 is 4.74 Å². The van der Waals surface area contributed by atoms with Crippen LogP contribution in [-0.2, 0) is 18.3 Å². The van der Waals surface area contributed by atoms with Crippen molar-refractivity contribution >= 4 is 0 Å². The van der Waals surface area contributed by atoms with E-state index >= 15 is 0 Å². The Bertz CT molecular complexity index is 458. The molecule has 2 aliphatic rings. The molecule has 0 aromatic carbocycles. The second-order valence-corrected chi connectivity index (χ2v) is 5.82. The Morgan fingerprint density at radius 2 is 2.35 bits per heavy atom. The summed E-state index contributed by atoms with van der Waals surface area (Å²) in [4.78, 5) is 9.51. The minimum absolute atomic E-state index is 0.381. The summed E-state index contributed by atoms with van der Waals surface area (Å²) in [6.07, 6.45) is 7.25. The molecule has 0 saturated carbocycles. The number of piperazine rings is 1. The second-order valence-electron chi connectivity index (χ2n) is 5.82. The zero-order valence-electron chi connectivity index (χ0n) is 12.2. The predicted octanol–water partition coefficient (Wildman–Crippen LogP) is 0.881. The van der Waals surface area contributed by atoms with Crippen LogP contribution in [0.3, 0.4) is 0 Å². The van der Waals surface area contributed by atoms with Crippen molar-refractivity contribution in [3.8, 4) is 0 Å². The lowest BCUT2D eigenvalue weighted by molar-refractivity contribution is 0.0754. The number of imidazole rings is 1. The Kier molecular flexibility index (Phi) is 4.19. The fraction of sp³-hybridized carbons (Fsp3) is 0.667. The fourth-order valence-electron chi connectivity index (χ4n) is 3.28. The van der Waals surface area contributed by atoms with Gasteiger partial charge in [0.2, 0.25) is 0 Å². The van der Waals surface area contributed by atoms with Gasteiger partial charge in [0.1, 0.15) is 5.82 Å². The Labute approximate surface area is 120 Å². The van der Waals surface area contributed by atoms with Crippen LogP contribution in [-0.4, -0.2) is 64.3 Å². The quantitative estimate of drug-likeness (QED) is 0.748. The molecule has 0 bridgehead atoms. The van der Waals surface area contributed by atoms with Gasteiger partial charge in [0, 0.05) is 51.7 Å². The lowest BCUT2D eigenvalue weighted by Crippen LogP contribution is -2.49. The van der Waals surface area contributed by atoms with E-state index in [4.69, 9.17) is 4.74 Å². The highest BCUT2D eigenvalue weighted by Crippen LogP contribution is 2.24. The lowest BCUT2D eigenvalue weighted by atomic mass is 10.1. The van der Waals surface area contributed by atoms with Crippen molar-refractivity contribution in [2.45, 2.75) is 25.1 Å². The van der Waals surface area contributed by atoms with Crippen LogP contribution >= 0.6 is 0 Å². The van der Waals surface area contributed by atoms with Gasteiger partial charge in [0.05, 0.1) is 19.3 Å². The topological polar surface area (TPSA) is 33.5 Å². The molecule has 20 heavy (non-hydrogen) atoms. The molecule has 0 unspecified atom stereocenters. The smallest absolute Gasteiger partial charge is 0.122 e. The lowest BCUT2D eigenvalue weighted by Gasteiger charge is -2.36. The van der Waals surface area contributed by atoms with E-state index < -0.39 is 0 Å². The van der Waals surface area contributed by atoms with E-state index in [1.165, 1.54) is 0 Å². The third-order valence-electron chi connectivity index (χ3n) is 4.40. The molecule has 0 spiro atoms. The number of aryl methyl sites for hydroxylation is 1. The van der Waals surface area contributed by atoms with Gasteiger partial charge in [-0.2, -0.15) is 0 Å². The number of nitrogens with zero attached hydrogens (tertiary/aromatic N) is 4. The monoisotopic (exact) mass is 276 g/mol. The number of aromatic nitrogens is 2. The highest BCUT2D eigenvalue weighted by molar-refractivity contribution is 4.96. The molecular weight excluding hydrogens is 252 g/mol. The number of fused-ring (bicyclic) bond motifs is 1. The van der Waals surface area contributed by atoms with E-state index in [0.717, 1.165) is 45.0 Å². The molecule has 1 aromatic rings. The molecule has 110 valence electrons. The van der Waals surface area contributed by atoms with Crippen LogP contribution in [0.5, 0.6) is 0 Å². The van der Waals surface area contributed by atoms with E-state index in [-0.39, 0.29) is 0 Å². The minimum atomic E-state index is 0.381. The Balaban J connectivity index is 1.53.